The van der Waals surface area contributed by atoms with Crippen LogP contribution in [0.25, 0.3) is 0 Å². The minimum atomic E-state index is -0.655. The summed E-state index contributed by atoms with van der Waals surface area (Å²) < 4.78 is 5.85. The molecule has 0 aliphatic rings. The van der Waals surface area contributed by atoms with E-state index in [4.69, 9.17) is 9.84 Å². The molecular weight excluding hydrogens is 625 g/mol. The lowest BCUT2D eigenvalue weighted by Gasteiger charge is -2.05. The summed E-state index contributed by atoms with van der Waals surface area (Å²) in [7, 11) is 0. The van der Waals surface area contributed by atoms with Gasteiger partial charge in [0, 0.05) is 19.6 Å². The van der Waals surface area contributed by atoms with E-state index >= 15 is 0 Å². The van der Waals surface area contributed by atoms with E-state index in [1.165, 1.54) is 250 Å². The average molecular weight is 723 g/mol. The van der Waals surface area contributed by atoms with Gasteiger partial charge in [0.05, 0.1) is 0 Å². The Morgan fingerprint density at radius 1 is 0.294 bits per heavy atom. The lowest BCUT2D eigenvalue weighted by molar-refractivity contribution is -0.137. The van der Waals surface area contributed by atoms with Crippen molar-refractivity contribution < 1.29 is 14.6 Å². The minimum Gasteiger partial charge on any atom is -0.481 e. The van der Waals surface area contributed by atoms with Crippen LogP contribution in [-0.4, -0.2) is 24.3 Å². The summed E-state index contributed by atoms with van der Waals surface area (Å²) >= 11 is 0. The highest BCUT2D eigenvalue weighted by atomic mass is 16.5. The summed E-state index contributed by atoms with van der Waals surface area (Å²) in [5, 5.41) is 8.49. The molecule has 0 aliphatic carbocycles. The summed E-state index contributed by atoms with van der Waals surface area (Å²) in [6.45, 7) is 8.85. The number of hydrogen-bond acceptors (Lipinski definition) is 2. The Kier molecular flexibility index (Phi) is 53.1. The van der Waals surface area contributed by atoms with Crippen molar-refractivity contribution in [3.05, 3.63) is 0 Å². The molecule has 0 amide bonds. The van der Waals surface area contributed by atoms with Gasteiger partial charge in [0.2, 0.25) is 0 Å². The predicted molar refractivity (Wildman–Crippen MR) is 229 cm³/mol. The largest absolute Gasteiger partial charge is 0.481 e. The second-order valence-electron chi connectivity index (χ2n) is 16.2. The number of carboxylic acids is 1. The second kappa shape index (κ2) is 51.5. The summed E-state index contributed by atoms with van der Waals surface area (Å²) in [5.41, 5.74) is 0. The number of rotatable bonds is 44. The lowest BCUT2D eigenvalue weighted by atomic mass is 10.0. The van der Waals surface area contributed by atoms with Crippen LogP contribution in [-0.2, 0) is 9.53 Å². The number of carboxylic acid groups (broad SMARTS) is 1. The van der Waals surface area contributed by atoms with Crippen LogP contribution in [0.3, 0.4) is 0 Å². The topological polar surface area (TPSA) is 46.5 Å². The van der Waals surface area contributed by atoms with Crippen molar-refractivity contribution in [1.82, 2.24) is 0 Å². The van der Waals surface area contributed by atoms with E-state index < -0.39 is 5.97 Å². The van der Waals surface area contributed by atoms with Crippen LogP contribution in [0.1, 0.15) is 290 Å². The zero-order chi connectivity index (χ0) is 37.4. The van der Waals surface area contributed by atoms with Crippen molar-refractivity contribution in [2.45, 2.75) is 290 Å². The minimum absolute atomic E-state index is 0.345. The quantitative estimate of drug-likeness (QED) is 0.0637. The fraction of sp³-hybridized carbons (Fsp3) is 0.979. The SMILES string of the molecule is CCCCCCCCCCCCCCCC(=O)O.CCCCCCCCCCCCCCCCOCCCCCCCCCCCCCCCC. The Balaban J connectivity index is 0. The van der Waals surface area contributed by atoms with Gasteiger partial charge in [0.1, 0.15) is 0 Å². The van der Waals surface area contributed by atoms with E-state index in [9.17, 15) is 4.79 Å². The number of hydrogen-bond donors (Lipinski definition) is 1. The average Bonchev–Trinajstić information content (AvgIpc) is 3.13. The normalized spacial score (nSPS) is 11.2. The van der Waals surface area contributed by atoms with Gasteiger partial charge in [-0.1, -0.05) is 265 Å². The van der Waals surface area contributed by atoms with Crippen molar-refractivity contribution in [1.29, 1.82) is 0 Å². The molecule has 51 heavy (non-hydrogen) atoms. The molecule has 0 spiro atoms. The van der Waals surface area contributed by atoms with Gasteiger partial charge in [-0.25, -0.2) is 0 Å². The molecule has 0 atom stereocenters. The van der Waals surface area contributed by atoms with Crippen LogP contribution in [0.2, 0.25) is 0 Å². The highest BCUT2D eigenvalue weighted by Crippen LogP contribution is 2.15. The maximum absolute atomic E-state index is 10.3. The number of aliphatic carboxylic acids is 1. The molecule has 0 radical (unpaired) electrons. The first-order valence-corrected chi connectivity index (χ1v) is 24.0. The Morgan fingerprint density at radius 3 is 0.667 bits per heavy atom. The standard InChI is InChI=1S/C32H66O.C16H32O2/c1-3-5-7-9-11-13-15-17-19-21-23-25-27-29-31-33-32-30-28-26-24-22-20-18-16-14-12-10-8-6-4-2;1-2-3-4-5-6-7-8-9-10-11-12-13-14-15-16(17)18/h3-32H2,1-2H3;2-15H2,1H3,(H,17,18). The molecule has 0 aromatic rings. The molecular formula is C48H98O3. The fourth-order valence-electron chi connectivity index (χ4n) is 7.19. The van der Waals surface area contributed by atoms with Crippen molar-refractivity contribution in [3.63, 3.8) is 0 Å². The Labute approximate surface area is 323 Å². The highest BCUT2D eigenvalue weighted by Gasteiger charge is 1.98. The smallest absolute Gasteiger partial charge is 0.303 e. The summed E-state index contributed by atoms with van der Waals surface area (Å²) in [6, 6.07) is 0. The molecule has 0 unspecified atom stereocenters. The monoisotopic (exact) mass is 723 g/mol. The first-order valence-electron chi connectivity index (χ1n) is 24.0. The predicted octanol–water partition coefficient (Wildman–Crippen LogP) is 17.5. The molecule has 0 fully saturated rings. The molecule has 308 valence electrons. The van der Waals surface area contributed by atoms with Gasteiger partial charge in [0.15, 0.2) is 0 Å². The fourth-order valence-corrected chi connectivity index (χ4v) is 7.19. The summed E-state index contributed by atoms with van der Waals surface area (Å²) in [4.78, 5) is 10.3. The van der Waals surface area contributed by atoms with Crippen LogP contribution < -0.4 is 0 Å². The maximum atomic E-state index is 10.3. The lowest BCUT2D eigenvalue weighted by Crippen LogP contribution is -1.97. The van der Waals surface area contributed by atoms with Crippen molar-refractivity contribution in [3.8, 4) is 0 Å². The Morgan fingerprint density at radius 2 is 0.471 bits per heavy atom. The number of unbranched alkanes of at least 4 members (excludes halogenated alkanes) is 38. The van der Waals surface area contributed by atoms with Crippen LogP contribution in [0.5, 0.6) is 0 Å². The molecule has 0 aromatic heterocycles. The zero-order valence-electron chi connectivity index (χ0n) is 35.9. The Bertz CT molecular complexity index is 561. The summed E-state index contributed by atoms with van der Waals surface area (Å²) in [5.74, 6) is -0.655. The van der Waals surface area contributed by atoms with Crippen molar-refractivity contribution in [2.24, 2.45) is 0 Å². The molecule has 0 bridgehead atoms. The molecule has 0 saturated heterocycles. The van der Waals surface area contributed by atoms with Gasteiger partial charge in [0.25, 0.3) is 0 Å². The highest BCUT2D eigenvalue weighted by molar-refractivity contribution is 5.66. The zero-order valence-corrected chi connectivity index (χ0v) is 35.9. The van der Waals surface area contributed by atoms with E-state index in [2.05, 4.69) is 20.8 Å². The third kappa shape index (κ3) is 56.3. The molecule has 0 aliphatic heterocycles. The molecule has 0 aromatic carbocycles. The van der Waals surface area contributed by atoms with E-state index in [-0.39, 0.29) is 0 Å². The summed E-state index contributed by atoms with van der Waals surface area (Å²) in [6.07, 6.45) is 57.3. The van der Waals surface area contributed by atoms with Crippen LogP contribution >= 0.6 is 0 Å². The van der Waals surface area contributed by atoms with Gasteiger partial charge in [-0.15, -0.1) is 0 Å². The Hall–Kier alpha value is -0.570. The van der Waals surface area contributed by atoms with Crippen molar-refractivity contribution in [2.75, 3.05) is 13.2 Å². The first-order chi connectivity index (χ1) is 25.2. The molecule has 1 N–H and O–H groups in total. The van der Waals surface area contributed by atoms with Gasteiger partial charge in [-0.3, -0.25) is 4.79 Å². The van der Waals surface area contributed by atoms with Gasteiger partial charge in [-0.05, 0) is 19.3 Å². The van der Waals surface area contributed by atoms with Gasteiger partial charge >= 0.3 is 5.97 Å². The molecule has 0 heterocycles. The third-order valence-corrected chi connectivity index (χ3v) is 10.8. The number of carbonyl (C=O) groups is 1. The van der Waals surface area contributed by atoms with Crippen LogP contribution in [0.15, 0.2) is 0 Å². The van der Waals surface area contributed by atoms with Crippen LogP contribution in [0.4, 0.5) is 0 Å². The molecule has 3 heteroatoms. The van der Waals surface area contributed by atoms with Crippen LogP contribution in [0, 0.1) is 0 Å². The van der Waals surface area contributed by atoms with E-state index in [1.807, 2.05) is 0 Å². The van der Waals surface area contributed by atoms with Gasteiger partial charge < -0.3 is 9.84 Å². The van der Waals surface area contributed by atoms with E-state index in [0.29, 0.717) is 6.42 Å². The van der Waals surface area contributed by atoms with Crippen molar-refractivity contribution >= 4 is 5.97 Å². The van der Waals surface area contributed by atoms with Gasteiger partial charge in [-0.2, -0.15) is 0 Å². The molecule has 0 saturated carbocycles. The number of ether oxygens (including phenoxy) is 1. The second-order valence-corrected chi connectivity index (χ2v) is 16.2. The van der Waals surface area contributed by atoms with E-state index in [0.717, 1.165) is 26.1 Å². The first kappa shape index (κ1) is 52.5. The maximum Gasteiger partial charge on any atom is 0.303 e. The van der Waals surface area contributed by atoms with E-state index in [1.54, 1.807) is 0 Å². The third-order valence-electron chi connectivity index (χ3n) is 10.8. The molecule has 0 rings (SSSR count). The molecule has 3 nitrogen and oxygen atoms in total.